The second kappa shape index (κ2) is 18.7. The molecule has 0 bridgehead atoms. The van der Waals surface area contributed by atoms with Crippen molar-refractivity contribution in [3.05, 3.63) is 0 Å². The fourth-order valence-electron chi connectivity index (χ4n) is 6.38. The highest BCUT2D eigenvalue weighted by Gasteiger charge is 2.51. The molecule has 0 aromatic carbocycles. The van der Waals surface area contributed by atoms with Gasteiger partial charge in [-0.25, -0.2) is 0 Å². The Balaban J connectivity index is 1.47. The Kier molecular flexibility index (Phi) is 16.1. The van der Waals surface area contributed by atoms with Crippen molar-refractivity contribution in [2.45, 2.75) is 176 Å². The first kappa shape index (κ1) is 37.9. The van der Waals surface area contributed by atoms with E-state index in [0.717, 1.165) is 19.3 Å². The number of unbranched alkanes of at least 4 members (excludes halogenated alkanes) is 9. The van der Waals surface area contributed by atoms with Crippen molar-refractivity contribution in [1.29, 1.82) is 0 Å². The number of hydrogen-bond donors (Lipinski definition) is 9. The van der Waals surface area contributed by atoms with Crippen molar-refractivity contribution >= 4 is 0 Å². The van der Waals surface area contributed by atoms with E-state index in [1.165, 1.54) is 44.9 Å². The monoisotopic (exact) mass is 636 g/mol. The zero-order chi connectivity index (χ0) is 32.4. The predicted molar refractivity (Wildman–Crippen MR) is 162 cm³/mol. The molecule has 1 saturated carbocycles. The summed E-state index contributed by atoms with van der Waals surface area (Å²) in [5, 5.41) is 53.4. The molecule has 3 fully saturated rings. The molecular weight excluding hydrogens is 576 g/mol. The van der Waals surface area contributed by atoms with E-state index in [4.69, 9.17) is 46.6 Å². The number of ether oxygens (including phenoxy) is 5. The van der Waals surface area contributed by atoms with Gasteiger partial charge in [0.1, 0.15) is 54.9 Å². The summed E-state index contributed by atoms with van der Waals surface area (Å²) < 4.78 is 29.3. The fourth-order valence-corrected chi connectivity index (χ4v) is 6.38. The molecule has 0 aromatic rings. The first-order valence-corrected chi connectivity index (χ1v) is 16.6. The number of nitrogens with two attached hydrogens (primary N) is 4. The molecule has 2 heterocycles. The largest absolute Gasteiger partial charge is 0.388 e. The van der Waals surface area contributed by atoms with Gasteiger partial charge in [-0.2, -0.15) is 0 Å². The third-order valence-corrected chi connectivity index (χ3v) is 9.21. The first-order valence-electron chi connectivity index (χ1n) is 16.6. The SMILES string of the molecule is CCCCCCCCCCCCO[C@H]1[C@H](O)[C@@H](O)[C@@H](O[C@@H]2[C@@H](O)[C@H](O[C@H]3O[C@H](CN)[C@@H](O)[C@H](O)[C@H]3N)[C@@H](N)C[C@H]2N)O[C@@H]1C. The summed E-state index contributed by atoms with van der Waals surface area (Å²) in [6, 6.07) is -2.64. The van der Waals surface area contributed by atoms with E-state index in [1.54, 1.807) is 6.92 Å². The van der Waals surface area contributed by atoms with Gasteiger partial charge in [-0.05, 0) is 19.8 Å². The molecule has 0 unspecified atom stereocenters. The Morgan fingerprint density at radius 3 is 1.75 bits per heavy atom. The number of hydrogen-bond acceptors (Lipinski definition) is 14. The second-order valence-corrected chi connectivity index (χ2v) is 12.8. The van der Waals surface area contributed by atoms with Crippen LogP contribution in [0.1, 0.15) is 84.5 Å². The lowest BCUT2D eigenvalue weighted by Gasteiger charge is -2.48. The molecule has 1 aliphatic carbocycles. The smallest absolute Gasteiger partial charge is 0.187 e. The van der Waals surface area contributed by atoms with Gasteiger partial charge >= 0.3 is 0 Å². The van der Waals surface area contributed by atoms with Crippen LogP contribution in [0.25, 0.3) is 0 Å². The average Bonchev–Trinajstić information content (AvgIpc) is 2.99. The summed E-state index contributed by atoms with van der Waals surface area (Å²) in [6.45, 7) is 4.29. The number of aliphatic hydroxyl groups excluding tert-OH is 5. The molecule has 3 aliphatic rings. The molecule has 14 nitrogen and oxygen atoms in total. The molecule has 2 aliphatic heterocycles. The normalized spacial score (nSPS) is 43.3. The summed E-state index contributed by atoms with van der Waals surface area (Å²) >= 11 is 0. The van der Waals surface area contributed by atoms with Crippen LogP contribution in [0.2, 0.25) is 0 Å². The zero-order valence-electron chi connectivity index (χ0n) is 26.4. The predicted octanol–water partition coefficient (Wildman–Crippen LogP) is -1.32. The van der Waals surface area contributed by atoms with Crippen LogP contribution in [0.5, 0.6) is 0 Å². The number of aliphatic hydroxyl groups is 5. The second-order valence-electron chi connectivity index (χ2n) is 12.8. The molecule has 0 aromatic heterocycles. The van der Waals surface area contributed by atoms with Crippen molar-refractivity contribution in [3.8, 4) is 0 Å². The van der Waals surface area contributed by atoms with E-state index >= 15 is 0 Å². The van der Waals surface area contributed by atoms with E-state index in [0.29, 0.717) is 6.61 Å². The Bertz CT molecular complexity index is 803. The highest BCUT2D eigenvalue weighted by Crippen LogP contribution is 2.32. The minimum Gasteiger partial charge on any atom is -0.388 e. The van der Waals surface area contributed by atoms with Crippen molar-refractivity contribution < 1.29 is 49.2 Å². The van der Waals surface area contributed by atoms with Crippen LogP contribution in [0.3, 0.4) is 0 Å². The van der Waals surface area contributed by atoms with Gasteiger partial charge in [-0.1, -0.05) is 64.7 Å². The van der Waals surface area contributed by atoms with E-state index in [2.05, 4.69) is 6.92 Å². The molecule has 260 valence electrons. The minimum absolute atomic E-state index is 0.0952. The lowest BCUT2D eigenvalue weighted by Crippen LogP contribution is -2.68. The Labute approximate surface area is 261 Å². The first-order chi connectivity index (χ1) is 21.0. The molecular formula is C30H60N4O10. The van der Waals surface area contributed by atoms with Crippen LogP contribution in [-0.4, -0.2) is 130 Å². The van der Waals surface area contributed by atoms with Gasteiger partial charge < -0.3 is 72.2 Å². The number of rotatable bonds is 17. The third kappa shape index (κ3) is 9.97. The van der Waals surface area contributed by atoms with Crippen LogP contribution in [0.15, 0.2) is 0 Å². The van der Waals surface area contributed by atoms with E-state index < -0.39 is 91.7 Å². The van der Waals surface area contributed by atoms with Gasteiger partial charge in [0.25, 0.3) is 0 Å². The van der Waals surface area contributed by atoms with E-state index in [1.807, 2.05) is 0 Å². The minimum atomic E-state index is -1.46. The van der Waals surface area contributed by atoms with Crippen molar-refractivity contribution in [2.75, 3.05) is 13.2 Å². The fraction of sp³-hybridized carbons (Fsp3) is 1.00. The lowest BCUT2D eigenvalue weighted by molar-refractivity contribution is -0.330. The summed E-state index contributed by atoms with van der Waals surface area (Å²) in [5.74, 6) is 0. The highest BCUT2D eigenvalue weighted by molar-refractivity contribution is 5.01. The van der Waals surface area contributed by atoms with Gasteiger partial charge in [0.2, 0.25) is 0 Å². The highest BCUT2D eigenvalue weighted by atomic mass is 16.7. The molecule has 0 spiro atoms. The van der Waals surface area contributed by atoms with Crippen LogP contribution >= 0.6 is 0 Å². The van der Waals surface area contributed by atoms with Crippen LogP contribution < -0.4 is 22.9 Å². The molecule has 44 heavy (non-hydrogen) atoms. The van der Waals surface area contributed by atoms with Crippen molar-refractivity contribution in [3.63, 3.8) is 0 Å². The standard InChI is InChI=1S/C30H60N4O10/c1-3-4-5-6-7-8-9-10-11-12-13-40-26-16(2)41-30(24(38)23(26)37)44-28-18(33)14-17(32)27(25(28)39)43-29-20(34)22(36)21(35)19(15-31)42-29/h16-30,35-39H,3-15,31-34H2,1-2H3/t16-,17+,18-,19-,20-,21-,22-,23-,24-,25+,26-,27-,28+,29-,30-/m1/s1. The maximum Gasteiger partial charge on any atom is 0.187 e. The summed E-state index contributed by atoms with van der Waals surface area (Å²) in [5.41, 5.74) is 24.2. The molecule has 0 radical (unpaired) electrons. The topological polar surface area (TPSA) is 251 Å². The van der Waals surface area contributed by atoms with E-state index in [-0.39, 0.29) is 13.0 Å². The Morgan fingerprint density at radius 1 is 0.636 bits per heavy atom. The van der Waals surface area contributed by atoms with E-state index in [9.17, 15) is 25.5 Å². The van der Waals surface area contributed by atoms with Crippen molar-refractivity contribution in [1.82, 2.24) is 0 Å². The molecule has 2 saturated heterocycles. The Hall–Kier alpha value is -0.560. The Morgan fingerprint density at radius 2 is 1.18 bits per heavy atom. The quantitative estimate of drug-likeness (QED) is 0.0840. The van der Waals surface area contributed by atoms with Gasteiger partial charge in [0, 0.05) is 25.2 Å². The maximum absolute atomic E-state index is 11.2. The summed E-state index contributed by atoms with van der Waals surface area (Å²) in [4.78, 5) is 0. The third-order valence-electron chi connectivity index (χ3n) is 9.21. The van der Waals surface area contributed by atoms with Crippen LogP contribution in [0.4, 0.5) is 0 Å². The van der Waals surface area contributed by atoms with Gasteiger partial charge in [-0.15, -0.1) is 0 Å². The van der Waals surface area contributed by atoms with Gasteiger partial charge in [0.05, 0.1) is 12.1 Å². The summed E-state index contributed by atoms with van der Waals surface area (Å²) in [6.07, 6.45) is -1.66. The van der Waals surface area contributed by atoms with Gasteiger partial charge in [0.15, 0.2) is 12.6 Å². The van der Waals surface area contributed by atoms with Crippen LogP contribution in [0, 0.1) is 0 Å². The lowest BCUT2D eigenvalue weighted by atomic mass is 9.84. The zero-order valence-corrected chi connectivity index (χ0v) is 26.4. The molecule has 3 rings (SSSR count). The van der Waals surface area contributed by atoms with Crippen LogP contribution in [-0.2, 0) is 23.7 Å². The molecule has 14 heteroatoms. The molecule has 15 atom stereocenters. The molecule has 0 amide bonds. The van der Waals surface area contributed by atoms with Gasteiger partial charge in [-0.3, -0.25) is 0 Å². The summed E-state index contributed by atoms with van der Waals surface area (Å²) in [7, 11) is 0. The molecule has 13 N–H and O–H groups in total. The maximum atomic E-state index is 11.2. The van der Waals surface area contributed by atoms with Crippen molar-refractivity contribution in [2.24, 2.45) is 22.9 Å². The average molecular weight is 637 g/mol.